The van der Waals surface area contributed by atoms with E-state index in [0.29, 0.717) is 11.1 Å². The minimum Gasteiger partial charge on any atom is -0.276 e. The molecular weight excluding hydrogens is 174 g/mol. The monoisotopic (exact) mass is 179 g/mol. The van der Waals surface area contributed by atoms with Gasteiger partial charge in [0.2, 0.25) is 0 Å². The van der Waals surface area contributed by atoms with Crippen LogP contribution in [0.3, 0.4) is 0 Å². The molecule has 0 atom stereocenters. The molecule has 1 aromatic rings. The van der Waals surface area contributed by atoms with Gasteiger partial charge < -0.3 is 0 Å². The minimum absolute atomic E-state index is 0.369. The molecule has 0 spiro atoms. The molecule has 0 saturated carbocycles. The Morgan fingerprint density at radius 3 is 2.67 bits per heavy atom. The number of nitrogens with zero attached hydrogens (tertiary/aromatic N) is 1. The van der Waals surface area contributed by atoms with Crippen LogP contribution in [0.2, 0.25) is 0 Å². The first-order valence-corrected chi connectivity index (χ1v) is 3.73. The largest absolute Gasteiger partial charge is 0.276 e. The zero-order valence-electron chi connectivity index (χ0n) is 6.47. The van der Waals surface area contributed by atoms with Crippen molar-refractivity contribution in [2.24, 2.45) is 0 Å². The fourth-order valence-corrected chi connectivity index (χ4v) is 1.07. The van der Waals surface area contributed by atoms with Crippen LogP contribution in [-0.4, -0.2) is 5.24 Å². The molecule has 1 rings (SSSR count). The van der Waals surface area contributed by atoms with Crippen LogP contribution in [0.25, 0.3) is 0 Å². The van der Waals surface area contributed by atoms with Crippen molar-refractivity contribution in [3.63, 3.8) is 0 Å². The van der Waals surface area contributed by atoms with Crippen molar-refractivity contribution in [1.29, 1.82) is 5.26 Å². The zero-order chi connectivity index (χ0) is 9.14. The number of hydrogen-bond donors (Lipinski definition) is 0. The fraction of sp³-hybridized carbons (Fsp3) is 0.111. The lowest BCUT2D eigenvalue weighted by atomic mass is 10.1. The Hall–Kier alpha value is -1.33. The summed E-state index contributed by atoms with van der Waals surface area (Å²) in [7, 11) is 0. The molecule has 0 bridgehead atoms. The van der Waals surface area contributed by atoms with Gasteiger partial charge in [-0.2, -0.15) is 5.26 Å². The molecule has 0 heterocycles. The van der Waals surface area contributed by atoms with E-state index >= 15 is 0 Å². The third kappa shape index (κ3) is 1.84. The number of halogens is 1. The fourth-order valence-electron chi connectivity index (χ4n) is 0.961. The van der Waals surface area contributed by atoms with E-state index in [2.05, 4.69) is 0 Å². The SMILES string of the molecule is Cc1cc(C#N)cc(C(=O)Cl)c1. The van der Waals surface area contributed by atoms with Gasteiger partial charge in [0, 0.05) is 5.56 Å². The summed E-state index contributed by atoms with van der Waals surface area (Å²) in [5, 5.41) is 8.03. The van der Waals surface area contributed by atoms with Crippen molar-refractivity contribution < 1.29 is 4.79 Å². The second kappa shape index (κ2) is 3.38. The lowest BCUT2D eigenvalue weighted by Crippen LogP contribution is -1.90. The maximum Gasteiger partial charge on any atom is 0.252 e. The number of rotatable bonds is 1. The first kappa shape index (κ1) is 8.76. The molecule has 0 unspecified atom stereocenters. The molecule has 0 aromatic heterocycles. The van der Waals surface area contributed by atoms with Crippen LogP contribution in [-0.2, 0) is 0 Å². The molecule has 0 amide bonds. The van der Waals surface area contributed by atoms with Crippen LogP contribution in [0.5, 0.6) is 0 Å². The van der Waals surface area contributed by atoms with Crippen LogP contribution in [0, 0.1) is 18.3 Å². The highest BCUT2D eigenvalue weighted by molar-refractivity contribution is 6.67. The molecule has 0 aliphatic heterocycles. The maximum absolute atomic E-state index is 10.7. The average molecular weight is 180 g/mol. The van der Waals surface area contributed by atoms with E-state index in [1.54, 1.807) is 12.1 Å². The van der Waals surface area contributed by atoms with Crippen molar-refractivity contribution in [3.05, 3.63) is 34.9 Å². The summed E-state index contributed by atoms with van der Waals surface area (Å²) >= 11 is 5.26. The average Bonchev–Trinajstić information content (AvgIpc) is 2.03. The van der Waals surface area contributed by atoms with E-state index in [1.165, 1.54) is 6.07 Å². The van der Waals surface area contributed by atoms with Crippen molar-refractivity contribution in [3.8, 4) is 6.07 Å². The number of aryl methyl sites for hydroxylation is 1. The molecule has 2 nitrogen and oxygen atoms in total. The van der Waals surface area contributed by atoms with Gasteiger partial charge in [-0.1, -0.05) is 0 Å². The molecule has 3 heteroatoms. The van der Waals surface area contributed by atoms with Crippen LogP contribution >= 0.6 is 11.6 Å². The quantitative estimate of drug-likeness (QED) is 0.621. The number of benzene rings is 1. The Morgan fingerprint density at radius 2 is 2.17 bits per heavy atom. The summed E-state index contributed by atoms with van der Waals surface area (Å²) in [5.41, 5.74) is 1.69. The Balaban J connectivity index is 3.26. The lowest BCUT2D eigenvalue weighted by Gasteiger charge is -1.96. The summed E-state index contributed by atoms with van der Waals surface area (Å²) in [4.78, 5) is 10.7. The summed E-state index contributed by atoms with van der Waals surface area (Å²) in [6.45, 7) is 1.81. The molecule has 1 aromatic carbocycles. The lowest BCUT2D eigenvalue weighted by molar-refractivity contribution is 0.108. The Labute approximate surface area is 75.4 Å². The number of carbonyl (C=O) groups excluding carboxylic acids is 1. The number of hydrogen-bond acceptors (Lipinski definition) is 2. The number of nitriles is 1. The second-order valence-electron chi connectivity index (χ2n) is 2.47. The van der Waals surface area contributed by atoms with Gasteiger partial charge in [0.25, 0.3) is 5.24 Å². The molecular formula is C9H6ClNO. The standard InChI is InChI=1S/C9H6ClNO/c1-6-2-7(5-11)4-8(3-6)9(10)12/h2-4H,1H3. The molecule has 60 valence electrons. The Kier molecular flexibility index (Phi) is 2.47. The molecule has 12 heavy (non-hydrogen) atoms. The molecule has 0 N–H and O–H groups in total. The van der Waals surface area contributed by atoms with E-state index < -0.39 is 5.24 Å². The minimum atomic E-state index is -0.532. The maximum atomic E-state index is 10.7. The highest BCUT2D eigenvalue weighted by Crippen LogP contribution is 2.10. The van der Waals surface area contributed by atoms with Gasteiger partial charge >= 0.3 is 0 Å². The van der Waals surface area contributed by atoms with Gasteiger partial charge in [0.1, 0.15) is 0 Å². The van der Waals surface area contributed by atoms with E-state index in [9.17, 15) is 4.79 Å². The predicted octanol–water partition coefficient (Wildman–Crippen LogP) is 2.25. The van der Waals surface area contributed by atoms with Crippen molar-refractivity contribution >= 4 is 16.8 Å². The first-order valence-electron chi connectivity index (χ1n) is 3.35. The third-order valence-electron chi connectivity index (χ3n) is 1.43. The smallest absolute Gasteiger partial charge is 0.252 e. The van der Waals surface area contributed by atoms with E-state index in [1.807, 2.05) is 13.0 Å². The molecule has 0 fully saturated rings. The van der Waals surface area contributed by atoms with E-state index in [0.717, 1.165) is 5.56 Å². The highest BCUT2D eigenvalue weighted by Gasteiger charge is 2.03. The van der Waals surface area contributed by atoms with Crippen LogP contribution < -0.4 is 0 Å². The third-order valence-corrected chi connectivity index (χ3v) is 1.65. The molecule has 0 radical (unpaired) electrons. The predicted molar refractivity (Wildman–Crippen MR) is 46.1 cm³/mol. The first-order chi connectivity index (χ1) is 5.63. The number of carbonyl (C=O) groups is 1. The Morgan fingerprint density at radius 1 is 1.50 bits per heavy atom. The van der Waals surface area contributed by atoms with Crippen molar-refractivity contribution in [2.45, 2.75) is 6.92 Å². The van der Waals surface area contributed by atoms with Crippen molar-refractivity contribution in [2.75, 3.05) is 0 Å². The summed E-state index contributed by atoms with van der Waals surface area (Å²) in [6.07, 6.45) is 0. The summed E-state index contributed by atoms with van der Waals surface area (Å²) < 4.78 is 0. The van der Waals surface area contributed by atoms with Gasteiger partial charge in [0.05, 0.1) is 11.6 Å². The molecule has 0 aliphatic rings. The van der Waals surface area contributed by atoms with Gasteiger partial charge in [-0.3, -0.25) is 4.79 Å². The topological polar surface area (TPSA) is 40.9 Å². The van der Waals surface area contributed by atoms with E-state index in [4.69, 9.17) is 16.9 Å². The van der Waals surface area contributed by atoms with Crippen LogP contribution in [0.1, 0.15) is 21.5 Å². The van der Waals surface area contributed by atoms with E-state index in [-0.39, 0.29) is 0 Å². The van der Waals surface area contributed by atoms with Crippen molar-refractivity contribution in [1.82, 2.24) is 0 Å². The van der Waals surface area contributed by atoms with Crippen LogP contribution in [0.15, 0.2) is 18.2 Å². The van der Waals surface area contributed by atoms with Gasteiger partial charge in [-0.15, -0.1) is 0 Å². The highest BCUT2D eigenvalue weighted by atomic mass is 35.5. The molecule has 0 saturated heterocycles. The van der Waals surface area contributed by atoms with Gasteiger partial charge in [-0.25, -0.2) is 0 Å². The summed E-state index contributed by atoms with van der Waals surface area (Å²) in [5.74, 6) is 0. The summed E-state index contributed by atoms with van der Waals surface area (Å²) in [6, 6.07) is 6.77. The van der Waals surface area contributed by atoms with Gasteiger partial charge in [0.15, 0.2) is 0 Å². The zero-order valence-corrected chi connectivity index (χ0v) is 7.22. The van der Waals surface area contributed by atoms with Crippen LogP contribution in [0.4, 0.5) is 0 Å². The molecule has 0 aliphatic carbocycles. The normalized spacial score (nSPS) is 9.08. The second-order valence-corrected chi connectivity index (χ2v) is 2.82. The Bertz CT molecular complexity index is 365. The van der Waals surface area contributed by atoms with Gasteiger partial charge in [-0.05, 0) is 42.3 Å².